The molecule has 3 nitrogen and oxygen atoms in total. The minimum Gasteiger partial charge on any atom is -0.374 e. The van der Waals surface area contributed by atoms with E-state index >= 15 is 0 Å². The molecule has 4 atom stereocenters. The van der Waals surface area contributed by atoms with Crippen molar-refractivity contribution < 1.29 is 13.9 Å². The van der Waals surface area contributed by atoms with Crippen molar-refractivity contribution in [3.8, 4) is 0 Å². The number of carbonyl (C=O) groups is 1. The van der Waals surface area contributed by atoms with Crippen LogP contribution in [0.3, 0.4) is 0 Å². The van der Waals surface area contributed by atoms with Gasteiger partial charge in [0.2, 0.25) is 0 Å². The minimum atomic E-state index is -0.458. The number of likely N-dealkylation sites (tertiary alicyclic amines) is 1. The number of nitrogens with zero attached hydrogens (tertiary/aromatic N) is 1. The van der Waals surface area contributed by atoms with Crippen molar-refractivity contribution in [3.63, 3.8) is 0 Å². The Hall–Kier alpha value is -0.940. The van der Waals surface area contributed by atoms with Gasteiger partial charge in [-0.3, -0.25) is 4.79 Å². The highest BCUT2D eigenvalue weighted by Gasteiger charge is 2.53. The molecule has 3 fully saturated rings. The van der Waals surface area contributed by atoms with Gasteiger partial charge in [-0.05, 0) is 40.9 Å². The molecule has 20 heavy (non-hydrogen) atoms. The lowest BCUT2D eigenvalue weighted by Crippen LogP contribution is -2.32. The van der Waals surface area contributed by atoms with E-state index in [1.54, 1.807) is 17.0 Å². The molecular formula is C15H15BrFNO2. The second-order valence-electron chi connectivity index (χ2n) is 5.92. The molecule has 2 bridgehead atoms. The van der Waals surface area contributed by atoms with Gasteiger partial charge in [0, 0.05) is 29.4 Å². The molecule has 1 aromatic carbocycles. The molecular weight excluding hydrogens is 325 g/mol. The van der Waals surface area contributed by atoms with Crippen LogP contribution >= 0.6 is 15.9 Å². The van der Waals surface area contributed by atoms with Crippen LogP contribution in [0.1, 0.15) is 23.2 Å². The predicted molar refractivity (Wildman–Crippen MR) is 74.9 cm³/mol. The molecule has 0 spiro atoms. The van der Waals surface area contributed by atoms with Crippen molar-refractivity contribution in [1.29, 1.82) is 0 Å². The standard InChI is InChI=1S/C15H15BrFNO2/c16-10-2-1-3-11(17)14(10)15(19)18-6-8-9(7-18)13-5-4-12(8)20-13/h1-3,8-9,12-13H,4-7H2/t8-,9-,12-,13-/m1/s1. The topological polar surface area (TPSA) is 29.5 Å². The summed E-state index contributed by atoms with van der Waals surface area (Å²) in [5.74, 6) is 0.232. The van der Waals surface area contributed by atoms with Crippen LogP contribution in [0.2, 0.25) is 0 Å². The summed E-state index contributed by atoms with van der Waals surface area (Å²) in [5.41, 5.74) is 0.153. The van der Waals surface area contributed by atoms with Gasteiger partial charge in [-0.1, -0.05) is 6.07 Å². The maximum absolute atomic E-state index is 13.9. The van der Waals surface area contributed by atoms with Gasteiger partial charge in [-0.25, -0.2) is 4.39 Å². The van der Waals surface area contributed by atoms with Crippen molar-refractivity contribution in [3.05, 3.63) is 34.1 Å². The number of carbonyl (C=O) groups excluding carboxylic acids is 1. The number of ether oxygens (including phenoxy) is 1. The predicted octanol–water partition coefficient (Wildman–Crippen LogP) is 2.84. The molecule has 1 aromatic rings. The van der Waals surface area contributed by atoms with Crippen LogP contribution in [0.15, 0.2) is 22.7 Å². The Labute approximate surface area is 125 Å². The fourth-order valence-corrected chi connectivity index (χ4v) is 4.50. The van der Waals surface area contributed by atoms with Crippen LogP contribution in [-0.2, 0) is 4.74 Å². The highest BCUT2D eigenvalue weighted by molar-refractivity contribution is 9.10. The third kappa shape index (κ3) is 1.76. The van der Waals surface area contributed by atoms with E-state index in [9.17, 15) is 9.18 Å². The van der Waals surface area contributed by atoms with Crippen molar-refractivity contribution in [2.45, 2.75) is 25.0 Å². The third-order valence-electron chi connectivity index (χ3n) is 4.92. The highest BCUT2D eigenvalue weighted by atomic mass is 79.9. The summed E-state index contributed by atoms with van der Waals surface area (Å²) in [6, 6.07) is 4.64. The van der Waals surface area contributed by atoms with E-state index < -0.39 is 5.82 Å². The summed E-state index contributed by atoms with van der Waals surface area (Å²) in [5, 5.41) is 0. The van der Waals surface area contributed by atoms with Crippen LogP contribution in [0.4, 0.5) is 4.39 Å². The Balaban J connectivity index is 1.59. The first-order valence-electron chi connectivity index (χ1n) is 7.04. The molecule has 106 valence electrons. The second-order valence-corrected chi connectivity index (χ2v) is 6.78. The fraction of sp³-hybridized carbons (Fsp3) is 0.533. The first kappa shape index (κ1) is 12.8. The summed E-state index contributed by atoms with van der Waals surface area (Å²) >= 11 is 3.28. The number of benzene rings is 1. The Bertz CT molecular complexity index is 541. The SMILES string of the molecule is O=C(c1c(F)cccc1Br)N1C[C@@H]2[C@@H](C1)[C@H]1CC[C@H]2O1. The number of rotatable bonds is 1. The Morgan fingerprint density at radius 1 is 1.25 bits per heavy atom. The zero-order valence-corrected chi connectivity index (χ0v) is 12.5. The molecule has 4 rings (SSSR count). The van der Waals surface area contributed by atoms with E-state index in [0.717, 1.165) is 12.8 Å². The minimum absolute atomic E-state index is 0.153. The normalized spacial score (nSPS) is 34.6. The maximum atomic E-state index is 13.9. The molecule has 0 radical (unpaired) electrons. The van der Waals surface area contributed by atoms with Crippen LogP contribution < -0.4 is 0 Å². The summed E-state index contributed by atoms with van der Waals surface area (Å²) < 4.78 is 20.3. The summed E-state index contributed by atoms with van der Waals surface area (Å²) in [6.45, 7) is 1.40. The number of amides is 1. The van der Waals surface area contributed by atoms with Gasteiger partial charge in [0.15, 0.2) is 0 Å². The van der Waals surface area contributed by atoms with Crippen LogP contribution in [0, 0.1) is 17.7 Å². The molecule has 0 unspecified atom stereocenters. The smallest absolute Gasteiger partial charge is 0.258 e. The third-order valence-corrected chi connectivity index (χ3v) is 5.58. The zero-order chi connectivity index (χ0) is 13.9. The van der Waals surface area contributed by atoms with Crippen LogP contribution in [-0.4, -0.2) is 36.1 Å². The number of halogens is 2. The number of hydrogen-bond donors (Lipinski definition) is 0. The summed E-state index contributed by atoms with van der Waals surface area (Å²) in [7, 11) is 0. The van der Waals surface area contributed by atoms with E-state index in [1.807, 2.05) is 0 Å². The molecule has 0 aromatic heterocycles. The molecule has 0 saturated carbocycles. The van der Waals surface area contributed by atoms with Crippen molar-refractivity contribution in [2.75, 3.05) is 13.1 Å². The van der Waals surface area contributed by atoms with E-state index in [4.69, 9.17) is 4.74 Å². The average Bonchev–Trinajstić information content (AvgIpc) is 3.11. The molecule has 0 N–H and O–H groups in total. The number of fused-ring (bicyclic) bond motifs is 5. The van der Waals surface area contributed by atoms with Gasteiger partial charge in [-0.2, -0.15) is 0 Å². The molecule has 3 saturated heterocycles. The molecule has 5 heteroatoms. The van der Waals surface area contributed by atoms with E-state index in [1.165, 1.54) is 6.07 Å². The van der Waals surface area contributed by atoms with Gasteiger partial charge in [0.05, 0.1) is 17.8 Å². The monoisotopic (exact) mass is 339 g/mol. The van der Waals surface area contributed by atoms with E-state index in [0.29, 0.717) is 41.6 Å². The molecule has 3 heterocycles. The van der Waals surface area contributed by atoms with Gasteiger partial charge in [0.25, 0.3) is 5.91 Å². The van der Waals surface area contributed by atoms with Crippen molar-refractivity contribution >= 4 is 21.8 Å². The van der Waals surface area contributed by atoms with Crippen molar-refractivity contribution in [2.24, 2.45) is 11.8 Å². The first-order chi connectivity index (χ1) is 9.65. The molecule has 0 aliphatic carbocycles. The number of hydrogen-bond acceptors (Lipinski definition) is 2. The fourth-order valence-electron chi connectivity index (χ4n) is 3.99. The quantitative estimate of drug-likeness (QED) is 0.787. The Morgan fingerprint density at radius 2 is 1.90 bits per heavy atom. The molecule has 1 amide bonds. The average molecular weight is 340 g/mol. The van der Waals surface area contributed by atoms with Crippen LogP contribution in [0.5, 0.6) is 0 Å². The Kier molecular flexibility index (Phi) is 2.89. The summed E-state index contributed by atoms with van der Waals surface area (Å²) in [6.07, 6.45) is 2.84. The lowest BCUT2D eigenvalue weighted by molar-refractivity contribution is 0.0591. The Morgan fingerprint density at radius 3 is 2.50 bits per heavy atom. The molecule has 3 aliphatic rings. The molecule has 3 aliphatic heterocycles. The van der Waals surface area contributed by atoms with Gasteiger partial charge in [-0.15, -0.1) is 0 Å². The first-order valence-corrected chi connectivity index (χ1v) is 7.83. The largest absolute Gasteiger partial charge is 0.374 e. The zero-order valence-electron chi connectivity index (χ0n) is 10.9. The summed E-state index contributed by atoms with van der Waals surface area (Å²) in [4.78, 5) is 14.4. The lowest BCUT2D eigenvalue weighted by Gasteiger charge is -2.19. The van der Waals surface area contributed by atoms with Crippen molar-refractivity contribution in [1.82, 2.24) is 4.90 Å². The lowest BCUT2D eigenvalue weighted by atomic mass is 9.82. The van der Waals surface area contributed by atoms with Gasteiger partial charge in [0.1, 0.15) is 5.82 Å². The van der Waals surface area contributed by atoms with Crippen LogP contribution in [0.25, 0.3) is 0 Å². The maximum Gasteiger partial charge on any atom is 0.258 e. The van der Waals surface area contributed by atoms with E-state index in [2.05, 4.69) is 15.9 Å². The van der Waals surface area contributed by atoms with Gasteiger partial charge < -0.3 is 9.64 Å². The second kappa shape index (κ2) is 4.53. The van der Waals surface area contributed by atoms with E-state index in [-0.39, 0.29) is 11.5 Å². The van der Waals surface area contributed by atoms with Gasteiger partial charge >= 0.3 is 0 Å². The highest BCUT2D eigenvalue weighted by Crippen LogP contribution is 2.47.